The molecule has 0 spiro atoms. The van der Waals surface area contributed by atoms with Crippen molar-refractivity contribution >= 4 is 50.8 Å². The zero-order chi connectivity index (χ0) is 19.1. The number of halogens is 1. The first-order valence-electron chi connectivity index (χ1n) is 7.78. The van der Waals surface area contributed by atoms with E-state index in [1.165, 1.54) is 0 Å². The van der Waals surface area contributed by atoms with E-state index in [4.69, 9.17) is 17.0 Å². The van der Waals surface area contributed by atoms with Gasteiger partial charge in [0.15, 0.2) is 5.11 Å². The minimum Gasteiger partial charge on any atom is -0.496 e. The van der Waals surface area contributed by atoms with Gasteiger partial charge in [-0.3, -0.25) is 14.9 Å². The summed E-state index contributed by atoms with van der Waals surface area (Å²) in [6.45, 7) is 2.39. The molecule has 0 radical (unpaired) electrons. The largest absolute Gasteiger partial charge is 0.496 e. The van der Waals surface area contributed by atoms with Gasteiger partial charge in [-0.25, -0.2) is 0 Å². The smallest absolute Gasteiger partial charge is 0.257 e. The summed E-state index contributed by atoms with van der Waals surface area (Å²) in [6.07, 6.45) is 0. The number of rotatable bonds is 5. The summed E-state index contributed by atoms with van der Waals surface area (Å²) in [5.74, 6) is 0.101. The van der Waals surface area contributed by atoms with Gasteiger partial charge in [-0.05, 0) is 71.5 Å². The van der Waals surface area contributed by atoms with Crippen LogP contribution in [0.2, 0.25) is 0 Å². The number of nitrogens with one attached hydrogen (secondary N) is 3. The van der Waals surface area contributed by atoms with Crippen molar-refractivity contribution < 1.29 is 14.3 Å². The van der Waals surface area contributed by atoms with E-state index in [2.05, 4.69) is 31.9 Å². The minimum atomic E-state index is -0.356. The third-order valence-corrected chi connectivity index (χ3v) is 4.18. The Morgan fingerprint density at radius 1 is 1.12 bits per heavy atom. The van der Waals surface area contributed by atoms with Crippen molar-refractivity contribution in [2.75, 3.05) is 19.0 Å². The fraction of sp³-hybridized carbons (Fsp3) is 0.167. The Morgan fingerprint density at radius 2 is 1.85 bits per heavy atom. The molecule has 3 N–H and O–H groups in total. The van der Waals surface area contributed by atoms with Gasteiger partial charge in [0.05, 0.1) is 11.6 Å². The molecule has 6 nitrogen and oxygen atoms in total. The Bertz CT molecular complexity index is 842. The SMILES string of the molecule is CCNC(=O)c1cccc(NC(=S)NC(=O)c2ccc(OC)c(Br)c2)c1. The van der Waals surface area contributed by atoms with Crippen molar-refractivity contribution in [1.82, 2.24) is 10.6 Å². The first-order valence-corrected chi connectivity index (χ1v) is 8.99. The number of thiocarbonyl (C=S) groups is 1. The Kier molecular flexibility index (Phi) is 7.11. The predicted octanol–water partition coefficient (Wildman–Crippen LogP) is 3.33. The van der Waals surface area contributed by atoms with Crippen molar-refractivity contribution in [3.63, 3.8) is 0 Å². The van der Waals surface area contributed by atoms with Gasteiger partial charge < -0.3 is 15.4 Å². The maximum absolute atomic E-state index is 12.3. The van der Waals surface area contributed by atoms with Gasteiger partial charge >= 0.3 is 0 Å². The van der Waals surface area contributed by atoms with E-state index in [0.717, 1.165) is 0 Å². The summed E-state index contributed by atoms with van der Waals surface area (Å²) < 4.78 is 5.81. The van der Waals surface area contributed by atoms with E-state index in [9.17, 15) is 9.59 Å². The lowest BCUT2D eigenvalue weighted by Crippen LogP contribution is -2.34. The number of carbonyl (C=O) groups is 2. The molecule has 0 aliphatic heterocycles. The second-order valence-electron chi connectivity index (χ2n) is 5.20. The number of amides is 2. The molecule has 136 valence electrons. The molecule has 2 amide bonds. The van der Waals surface area contributed by atoms with Crippen LogP contribution in [0.15, 0.2) is 46.9 Å². The fourth-order valence-corrected chi connectivity index (χ4v) is 2.90. The van der Waals surface area contributed by atoms with Gasteiger partial charge in [-0.15, -0.1) is 0 Å². The molecule has 0 saturated heterocycles. The van der Waals surface area contributed by atoms with Crippen LogP contribution in [0.25, 0.3) is 0 Å². The topological polar surface area (TPSA) is 79.5 Å². The number of hydrogen-bond acceptors (Lipinski definition) is 4. The van der Waals surface area contributed by atoms with Crippen LogP contribution >= 0.6 is 28.1 Å². The molecule has 0 aliphatic rings. The summed E-state index contributed by atoms with van der Waals surface area (Å²) in [5.41, 5.74) is 1.54. The van der Waals surface area contributed by atoms with E-state index in [1.54, 1.807) is 49.6 Å². The summed E-state index contributed by atoms with van der Waals surface area (Å²) >= 11 is 8.51. The van der Waals surface area contributed by atoms with Crippen LogP contribution in [0.5, 0.6) is 5.75 Å². The summed E-state index contributed by atoms with van der Waals surface area (Å²) in [7, 11) is 1.55. The molecule has 0 unspecified atom stereocenters. The highest BCUT2D eigenvalue weighted by atomic mass is 79.9. The maximum atomic E-state index is 12.3. The van der Waals surface area contributed by atoms with Crippen LogP contribution < -0.4 is 20.7 Å². The van der Waals surface area contributed by atoms with Crippen molar-refractivity contribution in [1.29, 1.82) is 0 Å². The van der Waals surface area contributed by atoms with Crippen LogP contribution in [-0.2, 0) is 0 Å². The maximum Gasteiger partial charge on any atom is 0.257 e. The number of ether oxygens (including phenoxy) is 1. The molecule has 0 heterocycles. The lowest BCUT2D eigenvalue weighted by atomic mass is 10.2. The van der Waals surface area contributed by atoms with Crippen LogP contribution in [0.4, 0.5) is 5.69 Å². The van der Waals surface area contributed by atoms with E-state index in [0.29, 0.717) is 33.6 Å². The Balaban J connectivity index is 2.02. The van der Waals surface area contributed by atoms with Gasteiger partial charge in [-0.2, -0.15) is 0 Å². The van der Waals surface area contributed by atoms with Gasteiger partial charge in [0.25, 0.3) is 11.8 Å². The molecule has 2 aromatic rings. The first-order chi connectivity index (χ1) is 12.4. The molecule has 26 heavy (non-hydrogen) atoms. The molecule has 0 atom stereocenters. The first kappa shape index (κ1) is 19.9. The molecule has 0 fully saturated rings. The Morgan fingerprint density at radius 3 is 2.50 bits per heavy atom. The predicted molar refractivity (Wildman–Crippen MR) is 109 cm³/mol. The molecular weight excluding hydrogens is 418 g/mol. The van der Waals surface area contributed by atoms with E-state index < -0.39 is 0 Å². The van der Waals surface area contributed by atoms with Crippen LogP contribution in [0.3, 0.4) is 0 Å². The summed E-state index contributed by atoms with van der Waals surface area (Å²) in [6, 6.07) is 11.8. The van der Waals surface area contributed by atoms with Gasteiger partial charge in [0.1, 0.15) is 5.75 Å². The zero-order valence-electron chi connectivity index (χ0n) is 14.3. The summed E-state index contributed by atoms with van der Waals surface area (Å²) in [5, 5.41) is 8.36. The van der Waals surface area contributed by atoms with Gasteiger partial charge in [-0.1, -0.05) is 6.07 Å². The van der Waals surface area contributed by atoms with Crippen molar-refractivity contribution in [2.24, 2.45) is 0 Å². The number of carbonyl (C=O) groups excluding carboxylic acids is 2. The van der Waals surface area contributed by atoms with Crippen LogP contribution in [0.1, 0.15) is 27.6 Å². The molecule has 2 rings (SSSR count). The average molecular weight is 436 g/mol. The van der Waals surface area contributed by atoms with Gasteiger partial charge in [0.2, 0.25) is 0 Å². The number of anilines is 1. The molecule has 0 bridgehead atoms. The van der Waals surface area contributed by atoms with Crippen molar-refractivity contribution in [2.45, 2.75) is 6.92 Å². The highest BCUT2D eigenvalue weighted by molar-refractivity contribution is 9.10. The normalized spacial score (nSPS) is 9.96. The third kappa shape index (κ3) is 5.27. The highest BCUT2D eigenvalue weighted by Crippen LogP contribution is 2.25. The highest BCUT2D eigenvalue weighted by Gasteiger charge is 2.11. The Hall–Kier alpha value is -2.45. The average Bonchev–Trinajstić information content (AvgIpc) is 2.61. The molecule has 8 heteroatoms. The number of hydrogen-bond donors (Lipinski definition) is 3. The fourth-order valence-electron chi connectivity index (χ4n) is 2.15. The van der Waals surface area contributed by atoms with Gasteiger partial charge in [0, 0.05) is 23.4 Å². The molecule has 0 aromatic heterocycles. The van der Waals surface area contributed by atoms with E-state index in [-0.39, 0.29) is 16.9 Å². The number of methoxy groups -OCH3 is 1. The van der Waals surface area contributed by atoms with E-state index >= 15 is 0 Å². The second kappa shape index (κ2) is 9.30. The third-order valence-electron chi connectivity index (χ3n) is 3.36. The molecule has 2 aromatic carbocycles. The lowest BCUT2D eigenvalue weighted by Gasteiger charge is -2.11. The lowest BCUT2D eigenvalue weighted by molar-refractivity contribution is 0.0953. The van der Waals surface area contributed by atoms with Crippen LogP contribution in [0, 0.1) is 0 Å². The van der Waals surface area contributed by atoms with Crippen LogP contribution in [-0.4, -0.2) is 30.6 Å². The van der Waals surface area contributed by atoms with E-state index in [1.807, 2.05) is 6.92 Å². The molecule has 0 aliphatic carbocycles. The molecular formula is C18H18BrN3O3S. The number of benzene rings is 2. The summed E-state index contributed by atoms with van der Waals surface area (Å²) in [4.78, 5) is 24.2. The molecule has 0 saturated carbocycles. The standard InChI is InChI=1S/C18H18BrN3O3S/c1-3-20-16(23)11-5-4-6-13(9-11)21-18(26)22-17(24)12-7-8-15(25-2)14(19)10-12/h4-10H,3H2,1-2H3,(H,20,23)(H2,21,22,24,26). The quantitative estimate of drug-likeness (QED) is 0.627. The Labute approximate surface area is 165 Å². The minimum absolute atomic E-state index is 0.134. The van der Waals surface area contributed by atoms with Crippen molar-refractivity contribution in [3.05, 3.63) is 58.1 Å². The second-order valence-corrected chi connectivity index (χ2v) is 6.46. The monoisotopic (exact) mass is 435 g/mol. The zero-order valence-corrected chi connectivity index (χ0v) is 16.7. The van der Waals surface area contributed by atoms with Crippen molar-refractivity contribution in [3.8, 4) is 5.75 Å².